The van der Waals surface area contributed by atoms with Gasteiger partial charge in [-0.25, -0.2) is 5.43 Å². The third-order valence-corrected chi connectivity index (χ3v) is 3.82. The highest BCUT2D eigenvalue weighted by molar-refractivity contribution is 9.10. The molecular weight excluding hydrogens is 344 g/mol. The molecule has 0 aliphatic carbocycles. The van der Waals surface area contributed by atoms with Gasteiger partial charge in [-0.15, -0.1) is 0 Å². The Morgan fingerprint density at radius 3 is 2.65 bits per heavy atom. The van der Waals surface area contributed by atoms with E-state index in [1.807, 2.05) is 19.1 Å². The zero-order chi connectivity index (χ0) is 14.7. The lowest BCUT2D eigenvalue weighted by Crippen LogP contribution is -2.21. The molecule has 0 bridgehead atoms. The van der Waals surface area contributed by atoms with Gasteiger partial charge in [-0.2, -0.15) is 10.2 Å². The Morgan fingerprint density at radius 1 is 1.45 bits per heavy atom. The fraction of sp³-hybridized carbons (Fsp3) is 0.154. The zero-order valence-corrected chi connectivity index (χ0v) is 13.2. The normalized spacial score (nSPS) is 11.0. The summed E-state index contributed by atoms with van der Waals surface area (Å²) < 4.78 is 2.17. The van der Waals surface area contributed by atoms with Crippen molar-refractivity contribution < 1.29 is 4.79 Å². The van der Waals surface area contributed by atoms with Crippen molar-refractivity contribution in [1.82, 2.24) is 15.2 Å². The van der Waals surface area contributed by atoms with Gasteiger partial charge in [-0.3, -0.25) is 9.48 Å². The first-order valence-corrected chi connectivity index (χ1v) is 6.94. The quantitative estimate of drug-likeness (QED) is 0.680. The van der Waals surface area contributed by atoms with Crippen LogP contribution in [0.15, 0.2) is 33.8 Å². The molecular formula is C13H12BrClN4O. The van der Waals surface area contributed by atoms with Crippen LogP contribution in [0.5, 0.6) is 0 Å². The first kappa shape index (κ1) is 14.7. The number of hydrogen-bond acceptors (Lipinski definition) is 3. The first-order chi connectivity index (χ1) is 9.49. The summed E-state index contributed by atoms with van der Waals surface area (Å²) in [5.41, 5.74) is 4.48. The summed E-state index contributed by atoms with van der Waals surface area (Å²) in [5, 5.41) is 8.71. The van der Waals surface area contributed by atoms with Gasteiger partial charge in [0, 0.05) is 12.1 Å². The van der Waals surface area contributed by atoms with E-state index < -0.39 is 0 Å². The van der Waals surface area contributed by atoms with Gasteiger partial charge < -0.3 is 0 Å². The second-order valence-electron chi connectivity index (χ2n) is 4.12. The van der Waals surface area contributed by atoms with E-state index in [0.29, 0.717) is 15.2 Å². The molecule has 20 heavy (non-hydrogen) atoms. The molecule has 2 aromatic rings. The number of amides is 1. The molecule has 0 spiro atoms. The second-order valence-corrected chi connectivity index (χ2v) is 5.35. The average Bonchev–Trinajstić information content (AvgIpc) is 2.65. The lowest BCUT2D eigenvalue weighted by molar-refractivity contribution is 0.0945. The Kier molecular flexibility index (Phi) is 4.57. The Hall–Kier alpha value is -1.66. The Balaban J connectivity index is 2.07. The minimum Gasteiger partial charge on any atom is -0.266 e. The van der Waals surface area contributed by atoms with Crippen LogP contribution in [0.1, 0.15) is 21.7 Å². The number of aromatic nitrogens is 2. The van der Waals surface area contributed by atoms with Crippen molar-refractivity contribution in [3.05, 3.63) is 50.7 Å². The topological polar surface area (TPSA) is 59.3 Å². The predicted molar refractivity (Wildman–Crippen MR) is 82.2 cm³/mol. The predicted octanol–water partition coefficient (Wildman–Crippen LogP) is 2.91. The van der Waals surface area contributed by atoms with E-state index in [4.69, 9.17) is 11.6 Å². The summed E-state index contributed by atoms with van der Waals surface area (Å²) in [4.78, 5) is 12.0. The molecule has 0 radical (unpaired) electrons. The van der Waals surface area contributed by atoms with Crippen LogP contribution in [0.3, 0.4) is 0 Å². The van der Waals surface area contributed by atoms with Crippen molar-refractivity contribution in [2.45, 2.75) is 6.92 Å². The van der Waals surface area contributed by atoms with Crippen LogP contribution in [-0.4, -0.2) is 21.9 Å². The Bertz CT molecular complexity index is 664. The summed E-state index contributed by atoms with van der Waals surface area (Å²) in [5.74, 6) is -0.329. The van der Waals surface area contributed by atoms with Gasteiger partial charge >= 0.3 is 0 Å². The van der Waals surface area contributed by atoms with Gasteiger partial charge in [-0.1, -0.05) is 23.7 Å². The van der Waals surface area contributed by atoms with E-state index in [1.165, 1.54) is 4.68 Å². The van der Waals surface area contributed by atoms with Crippen LogP contribution in [-0.2, 0) is 7.05 Å². The van der Waals surface area contributed by atoms with E-state index in [0.717, 1.165) is 11.3 Å². The molecule has 1 aromatic heterocycles. The van der Waals surface area contributed by atoms with Crippen LogP contribution < -0.4 is 5.43 Å². The molecule has 1 aromatic carbocycles. The third-order valence-electron chi connectivity index (χ3n) is 2.61. The second kappa shape index (κ2) is 6.19. The van der Waals surface area contributed by atoms with Gasteiger partial charge in [0.05, 0.1) is 16.4 Å². The molecule has 1 heterocycles. The van der Waals surface area contributed by atoms with Crippen LogP contribution in [0.2, 0.25) is 5.02 Å². The molecule has 0 saturated carbocycles. The van der Waals surface area contributed by atoms with Crippen molar-refractivity contribution in [3.63, 3.8) is 0 Å². The van der Waals surface area contributed by atoms with Crippen LogP contribution in [0.4, 0.5) is 0 Å². The molecule has 0 aliphatic rings. The molecule has 0 aliphatic heterocycles. The maximum absolute atomic E-state index is 12.0. The van der Waals surface area contributed by atoms with E-state index in [1.54, 1.807) is 25.4 Å². The molecule has 0 atom stereocenters. The van der Waals surface area contributed by atoms with Crippen molar-refractivity contribution in [2.75, 3.05) is 0 Å². The maximum Gasteiger partial charge on any atom is 0.290 e. The van der Waals surface area contributed by atoms with E-state index in [2.05, 4.69) is 31.6 Å². The SMILES string of the molecule is Cc1nn(C)c(C(=O)N/N=C/c2ccc(Cl)cc2)c1Br. The average molecular weight is 356 g/mol. The van der Waals surface area contributed by atoms with Gasteiger partial charge in [0.15, 0.2) is 0 Å². The number of aryl methyl sites for hydroxylation is 2. The van der Waals surface area contributed by atoms with Gasteiger partial charge in [-0.05, 0) is 40.5 Å². The molecule has 7 heteroatoms. The number of rotatable bonds is 3. The van der Waals surface area contributed by atoms with Crippen LogP contribution in [0.25, 0.3) is 0 Å². The Labute approximate surface area is 129 Å². The number of hydrogen-bond donors (Lipinski definition) is 1. The summed E-state index contributed by atoms with van der Waals surface area (Å²) in [6.07, 6.45) is 1.55. The van der Waals surface area contributed by atoms with E-state index in [-0.39, 0.29) is 5.91 Å². The molecule has 1 amide bonds. The molecule has 0 saturated heterocycles. The minimum absolute atomic E-state index is 0.329. The largest absolute Gasteiger partial charge is 0.290 e. The monoisotopic (exact) mass is 354 g/mol. The molecule has 0 fully saturated rings. The summed E-state index contributed by atoms with van der Waals surface area (Å²) >= 11 is 9.12. The number of benzene rings is 1. The minimum atomic E-state index is -0.329. The van der Waals surface area contributed by atoms with Crippen molar-refractivity contribution >= 4 is 39.7 Å². The highest BCUT2D eigenvalue weighted by Crippen LogP contribution is 2.19. The van der Waals surface area contributed by atoms with Crippen LogP contribution in [0, 0.1) is 6.92 Å². The number of halogens is 2. The van der Waals surface area contributed by atoms with Gasteiger partial charge in [0.1, 0.15) is 5.69 Å². The fourth-order valence-corrected chi connectivity index (χ4v) is 2.29. The highest BCUT2D eigenvalue weighted by atomic mass is 79.9. The maximum atomic E-state index is 12.0. The third kappa shape index (κ3) is 3.26. The molecule has 104 valence electrons. The molecule has 5 nitrogen and oxygen atoms in total. The van der Waals surface area contributed by atoms with Crippen molar-refractivity contribution in [2.24, 2.45) is 12.1 Å². The van der Waals surface area contributed by atoms with Gasteiger partial charge in [0.25, 0.3) is 5.91 Å². The number of nitrogens with zero attached hydrogens (tertiary/aromatic N) is 3. The smallest absolute Gasteiger partial charge is 0.266 e. The Morgan fingerprint density at radius 2 is 2.10 bits per heavy atom. The summed E-state index contributed by atoms with van der Waals surface area (Å²) in [6.45, 7) is 1.82. The lowest BCUT2D eigenvalue weighted by Gasteiger charge is -2.01. The summed E-state index contributed by atoms with van der Waals surface area (Å²) in [7, 11) is 1.70. The number of nitrogens with one attached hydrogen (secondary N) is 1. The van der Waals surface area contributed by atoms with Gasteiger partial charge in [0.2, 0.25) is 0 Å². The molecule has 2 rings (SSSR count). The lowest BCUT2D eigenvalue weighted by atomic mass is 10.2. The number of hydrazone groups is 1. The standard InChI is InChI=1S/C13H12BrClN4O/c1-8-11(14)12(19(2)18-8)13(20)17-16-7-9-3-5-10(15)6-4-9/h3-7H,1-2H3,(H,17,20)/b16-7+. The highest BCUT2D eigenvalue weighted by Gasteiger charge is 2.17. The van der Waals surface area contributed by atoms with Crippen molar-refractivity contribution in [1.29, 1.82) is 0 Å². The zero-order valence-electron chi connectivity index (χ0n) is 10.9. The fourth-order valence-electron chi connectivity index (χ4n) is 1.65. The number of carbonyl (C=O) groups excluding carboxylic acids is 1. The first-order valence-electron chi connectivity index (χ1n) is 5.77. The van der Waals surface area contributed by atoms with E-state index >= 15 is 0 Å². The molecule has 1 N–H and O–H groups in total. The van der Waals surface area contributed by atoms with Crippen molar-refractivity contribution in [3.8, 4) is 0 Å². The number of carbonyl (C=O) groups is 1. The summed E-state index contributed by atoms with van der Waals surface area (Å²) in [6, 6.07) is 7.13. The van der Waals surface area contributed by atoms with Crippen LogP contribution >= 0.6 is 27.5 Å². The van der Waals surface area contributed by atoms with E-state index in [9.17, 15) is 4.79 Å². The molecule has 0 unspecified atom stereocenters.